The average Bonchev–Trinajstić information content (AvgIpc) is 3.46. The molecule has 4 heteroatoms. The first-order chi connectivity index (χ1) is 14.2. The quantitative estimate of drug-likeness (QED) is 0.267. The Bertz CT molecular complexity index is 996. The second-order valence-electron chi connectivity index (χ2n) is 8.19. The fourth-order valence-electron chi connectivity index (χ4n) is 4.40. The Morgan fingerprint density at radius 1 is 0.938 bits per heavy atom. The van der Waals surface area contributed by atoms with Gasteiger partial charge in [-0.2, -0.15) is 17.7 Å². The van der Waals surface area contributed by atoms with Gasteiger partial charge in [-0.15, -0.1) is 70.1 Å². The first kappa shape index (κ1) is 31.3. The average molecular weight is 561 g/mol. The van der Waals surface area contributed by atoms with E-state index in [1.807, 2.05) is 0 Å². The summed E-state index contributed by atoms with van der Waals surface area (Å²) in [5.41, 5.74) is 4.67. The predicted molar refractivity (Wildman–Crippen MR) is 132 cm³/mol. The molecule has 2 radical (unpaired) electrons. The van der Waals surface area contributed by atoms with Crippen molar-refractivity contribution in [3.8, 4) is 0 Å². The number of benzene rings is 2. The van der Waals surface area contributed by atoms with E-state index in [1.165, 1.54) is 59.2 Å². The molecule has 0 N–H and O–H groups in total. The van der Waals surface area contributed by atoms with Crippen LogP contribution in [0.15, 0.2) is 66.7 Å². The van der Waals surface area contributed by atoms with Gasteiger partial charge in [0.15, 0.2) is 0 Å². The van der Waals surface area contributed by atoms with Gasteiger partial charge in [0.25, 0.3) is 0 Å². The van der Waals surface area contributed by atoms with E-state index in [1.54, 1.807) is 11.1 Å². The summed E-state index contributed by atoms with van der Waals surface area (Å²) in [4.78, 5) is 0. The summed E-state index contributed by atoms with van der Waals surface area (Å²) in [6.45, 7) is 8.88. The van der Waals surface area contributed by atoms with E-state index in [2.05, 4.69) is 93.7 Å². The van der Waals surface area contributed by atoms with Crippen molar-refractivity contribution >= 4 is 31.1 Å². The molecule has 4 aromatic rings. The Kier molecular flexibility index (Phi) is 15.7. The molecule has 0 spiro atoms. The van der Waals surface area contributed by atoms with Gasteiger partial charge in [0, 0.05) is 9.52 Å². The van der Waals surface area contributed by atoms with E-state index < -0.39 is 0 Å². The summed E-state index contributed by atoms with van der Waals surface area (Å²) >= 11 is 0. The minimum absolute atomic E-state index is 0. The molecule has 1 unspecified atom stereocenters. The van der Waals surface area contributed by atoms with Crippen molar-refractivity contribution < 1.29 is 51.0 Å². The van der Waals surface area contributed by atoms with Crippen molar-refractivity contribution in [2.45, 2.75) is 65.0 Å². The topological polar surface area (TPSA) is 0 Å². The van der Waals surface area contributed by atoms with E-state index in [-0.39, 0.29) is 51.0 Å². The molecular formula is C28H34Cl2SiZr. The van der Waals surface area contributed by atoms with E-state index in [0.717, 1.165) is 9.52 Å². The van der Waals surface area contributed by atoms with Crippen molar-refractivity contribution in [2.75, 3.05) is 0 Å². The van der Waals surface area contributed by atoms with Crippen LogP contribution in [0.25, 0.3) is 21.5 Å². The molecule has 1 aliphatic carbocycles. The zero-order valence-electron chi connectivity index (χ0n) is 19.7. The molecule has 0 amide bonds. The van der Waals surface area contributed by atoms with Gasteiger partial charge in [-0.05, 0) is 19.3 Å². The van der Waals surface area contributed by atoms with Crippen LogP contribution >= 0.6 is 0 Å². The number of halogens is 2. The van der Waals surface area contributed by atoms with Crippen LogP contribution in [0.5, 0.6) is 0 Å². The molecule has 0 aliphatic heterocycles. The minimum Gasteiger partial charge on any atom is -1.00 e. The van der Waals surface area contributed by atoms with Crippen molar-refractivity contribution in [1.82, 2.24) is 0 Å². The third-order valence-electron chi connectivity index (χ3n) is 5.82. The van der Waals surface area contributed by atoms with Gasteiger partial charge in [-0.25, -0.2) is 0 Å². The summed E-state index contributed by atoms with van der Waals surface area (Å²) in [5.74, 6) is 0.694. The second kappa shape index (κ2) is 16.0. The van der Waals surface area contributed by atoms with E-state index in [0.29, 0.717) is 5.92 Å². The molecule has 32 heavy (non-hydrogen) atoms. The first-order valence-electron chi connectivity index (χ1n) is 11.1. The number of fused-ring (bicyclic) bond motifs is 3. The van der Waals surface area contributed by atoms with Crippen LogP contribution in [0, 0.1) is 0 Å². The molecule has 0 bridgehead atoms. The van der Waals surface area contributed by atoms with Gasteiger partial charge in [0.1, 0.15) is 0 Å². The third kappa shape index (κ3) is 7.98. The summed E-state index contributed by atoms with van der Waals surface area (Å²) in [6, 6.07) is 24.4. The van der Waals surface area contributed by atoms with Crippen LogP contribution in [0.4, 0.5) is 0 Å². The van der Waals surface area contributed by atoms with Crippen molar-refractivity contribution in [1.29, 1.82) is 0 Å². The van der Waals surface area contributed by atoms with E-state index in [9.17, 15) is 0 Å². The smallest absolute Gasteiger partial charge is 1.00 e. The predicted octanol–water partition coefficient (Wildman–Crippen LogP) is 2.30. The number of hydrogen-bond donors (Lipinski definition) is 0. The summed E-state index contributed by atoms with van der Waals surface area (Å²) in [6.07, 6.45) is 6.48. The molecule has 1 aliphatic rings. The SMILES string of the molecule is CCCC(C)c1c[cH-]c2ccccc12.C[Si]C.[Cl-].[Cl-].[Zr+4].c1cc2cc3c(cc2[cH-]1)CCC3. The normalized spacial score (nSPS) is 12.1. The van der Waals surface area contributed by atoms with Gasteiger partial charge in [-0.3, -0.25) is 0 Å². The Morgan fingerprint density at radius 2 is 1.59 bits per heavy atom. The Hall–Kier alpha value is -0.660. The number of aryl methyl sites for hydroxylation is 2. The van der Waals surface area contributed by atoms with Crippen molar-refractivity contribution in [3.63, 3.8) is 0 Å². The Labute approximate surface area is 229 Å². The van der Waals surface area contributed by atoms with Crippen LogP contribution in [-0.4, -0.2) is 9.52 Å². The van der Waals surface area contributed by atoms with E-state index in [4.69, 9.17) is 0 Å². The standard InChI is InChI=1S/C14H17.C12H11.C2H6Si.2ClH.Zr/c1-3-6-11(2)13-10-9-12-7-4-5-8-14(12)13;1-3-9-7-11-5-2-6-12(11)8-10(9)4-1;1-3-2;;;/h4-5,7-11H,3,6H2,1-2H3;1,3-4,7-8H,2,5-6H2;1-2H3;2*1H;/q2*-1;;;;+4/p-2. The maximum absolute atomic E-state index is 2.36. The van der Waals surface area contributed by atoms with Crippen LogP contribution in [0.2, 0.25) is 13.1 Å². The van der Waals surface area contributed by atoms with Crippen molar-refractivity contribution in [3.05, 3.63) is 83.4 Å². The molecule has 1 atom stereocenters. The second-order valence-corrected chi connectivity index (χ2v) is 9.19. The van der Waals surface area contributed by atoms with Crippen LogP contribution in [0.1, 0.15) is 55.7 Å². The maximum Gasteiger partial charge on any atom is 4.00 e. The Morgan fingerprint density at radius 3 is 2.28 bits per heavy atom. The molecule has 0 aromatic heterocycles. The molecule has 168 valence electrons. The van der Waals surface area contributed by atoms with Gasteiger partial charge in [0.05, 0.1) is 0 Å². The molecular weight excluding hydrogens is 527 g/mol. The number of hydrogen-bond acceptors (Lipinski definition) is 0. The molecule has 5 rings (SSSR count). The zero-order valence-corrected chi connectivity index (χ0v) is 24.7. The monoisotopic (exact) mass is 558 g/mol. The minimum atomic E-state index is 0. The van der Waals surface area contributed by atoms with Crippen molar-refractivity contribution in [2.24, 2.45) is 0 Å². The molecule has 0 heterocycles. The number of rotatable bonds is 3. The van der Waals surface area contributed by atoms with Crippen LogP contribution in [0.3, 0.4) is 0 Å². The molecule has 0 nitrogen and oxygen atoms in total. The molecule has 0 saturated carbocycles. The first-order valence-corrected chi connectivity index (χ1v) is 13.1. The van der Waals surface area contributed by atoms with Gasteiger partial charge in [0.2, 0.25) is 0 Å². The third-order valence-corrected chi connectivity index (χ3v) is 5.82. The maximum atomic E-state index is 2.36. The molecule has 4 aromatic carbocycles. The van der Waals surface area contributed by atoms with Crippen LogP contribution in [-0.2, 0) is 39.0 Å². The fourth-order valence-corrected chi connectivity index (χ4v) is 4.40. The van der Waals surface area contributed by atoms with Gasteiger partial charge < -0.3 is 24.8 Å². The summed E-state index contributed by atoms with van der Waals surface area (Å²) in [5, 5.41) is 5.64. The van der Waals surface area contributed by atoms with Crippen LogP contribution < -0.4 is 24.8 Å². The Balaban J connectivity index is 0.000000497. The fraction of sp³-hybridized carbons (Fsp3) is 0.357. The summed E-state index contributed by atoms with van der Waals surface area (Å²) < 4.78 is 0. The summed E-state index contributed by atoms with van der Waals surface area (Å²) in [7, 11) is 1.08. The molecule has 0 fully saturated rings. The van der Waals surface area contributed by atoms with E-state index >= 15 is 0 Å². The zero-order chi connectivity index (χ0) is 20.6. The van der Waals surface area contributed by atoms with Gasteiger partial charge in [-0.1, -0.05) is 62.9 Å². The molecule has 0 saturated heterocycles. The largest absolute Gasteiger partial charge is 4.00 e. The van der Waals surface area contributed by atoms with Gasteiger partial charge >= 0.3 is 26.2 Å².